The van der Waals surface area contributed by atoms with Crippen LogP contribution in [0.1, 0.15) is 31.7 Å². The zero-order chi connectivity index (χ0) is 14.2. The summed E-state index contributed by atoms with van der Waals surface area (Å²) in [5.41, 5.74) is 1.31. The van der Waals surface area contributed by atoms with Crippen molar-refractivity contribution in [3.8, 4) is 0 Å². The van der Waals surface area contributed by atoms with Gasteiger partial charge < -0.3 is 9.64 Å². The predicted octanol–water partition coefficient (Wildman–Crippen LogP) is 2.89. The molecular formula is C17H25NO2. The topological polar surface area (TPSA) is 29.5 Å². The highest BCUT2D eigenvalue weighted by Gasteiger charge is 2.21. The second kappa shape index (κ2) is 8.05. The lowest BCUT2D eigenvalue weighted by Crippen LogP contribution is -2.35. The fraction of sp³-hybridized carbons (Fsp3) is 0.588. The number of aryl methyl sites for hydroxylation is 1. The molecule has 1 amide bonds. The molecule has 1 aromatic carbocycles. The van der Waals surface area contributed by atoms with E-state index < -0.39 is 0 Å². The van der Waals surface area contributed by atoms with E-state index in [9.17, 15) is 4.79 Å². The Bertz CT molecular complexity index is 399. The fourth-order valence-corrected chi connectivity index (χ4v) is 2.69. The molecule has 1 fully saturated rings. The van der Waals surface area contributed by atoms with Crippen LogP contribution in [0.4, 0.5) is 0 Å². The van der Waals surface area contributed by atoms with E-state index in [4.69, 9.17) is 4.74 Å². The molecule has 1 aliphatic rings. The van der Waals surface area contributed by atoms with Gasteiger partial charge in [-0.15, -0.1) is 0 Å². The Morgan fingerprint density at radius 2 is 2.15 bits per heavy atom. The molecule has 1 aromatic rings. The number of amides is 1. The molecule has 3 nitrogen and oxygen atoms in total. The van der Waals surface area contributed by atoms with Crippen LogP contribution in [0.25, 0.3) is 0 Å². The molecule has 0 aliphatic carbocycles. The average Bonchev–Trinajstić information content (AvgIpc) is 2.98. The van der Waals surface area contributed by atoms with E-state index in [-0.39, 0.29) is 5.91 Å². The summed E-state index contributed by atoms with van der Waals surface area (Å²) in [5.74, 6) is 0.823. The molecule has 1 aliphatic heterocycles. The van der Waals surface area contributed by atoms with Crippen LogP contribution in [0.3, 0.4) is 0 Å². The number of benzene rings is 1. The maximum Gasteiger partial charge on any atom is 0.222 e. The SMILES string of the molecule is CCN(C[C@H]1CCOC1)C(=O)CCCc1ccccc1. The minimum Gasteiger partial charge on any atom is -0.381 e. The largest absolute Gasteiger partial charge is 0.381 e. The average molecular weight is 275 g/mol. The standard InChI is InChI=1S/C17H25NO2/c1-2-18(13-16-11-12-20-14-16)17(19)10-6-9-15-7-4-3-5-8-15/h3-5,7-8,16H,2,6,9-14H2,1H3/t16-/m1/s1. The number of carbonyl (C=O) groups excluding carboxylic acids is 1. The van der Waals surface area contributed by atoms with Gasteiger partial charge in [0.15, 0.2) is 0 Å². The van der Waals surface area contributed by atoms with Crippen LogP contribution in [0.2, 0.25) is 0 Å². The van der Waals surface area contributed by atoms with Crippen molar-refractivity contribution >= 4 is 5.91 Å². The number of nitrogens with zero attached hydrogens (tertiary/aromatic N) is 1. The van der Waals surface area contributed by atoms with Crippen LogP contribution in [0, 0.1) is 5.92 Å². The molecule has 0 spiro atoms. The lowest BCUT2D eigenvalue weighted by molar-refractivity contribution is -0.131. The first-order valence-corrected chi connectivity index (χ1v) is 7.69. The fourth-order valence-electron chi connectivity index (χ4n) is 2.69. The second-order valence-corrected chi connectivity index (χ2v) is 5.50. The monoisotopic (exact) mass is 275 g/mol. The van der Waals surface area contributed by atoms with Crippen LogP contribution >= 0.6 is 0 Å². The van der Waals surface area contributed by atoms with Gasteiger partial charge in [0.1, 0.15) is 0 Å². The van der Waals surface area contributed by atoms with Gasteiger partial charge in [-0.05, 0) is 31.7 Å². The van der Waals surface area contributed by atoms with E-state index in [1.807, 2.05) is 11.0 Å². The predicted molar refractivity (Wildman–Crippen MR) is 80.6 cm³/mol. The first-order valence-electron chi connectivity index (χ1n) is 7.69. The number of hydrogen-bond acceptors (Lipinski definition) is 2. The van der Waals surface area contributed by atoms with Gasteiger partial charge in [-0.3, -0.25) is 4.79 Å². The highest BCUT2D eigenvalue weighted by Crippen LogP contribution is 2.15. The number of rotatable bonds is 7. The molecule has 0 saturated carbocycles. The third kappa shape index (κ3) is 4.64. The van der Waals surface area contributed by atoms with Crippen molar-refractivity contribution in [2.45, 2.75) is 32.6 Å². The maximum atomic E-state index is 12.2. The Morgan fingerprint density at radius 3 is 2.80 bits per heavy atom. The summed E-state index contributed by atoms with van der Waals surface area (Å²) in [5, 5.41) is 0. The summed E-state index contributed by atoms with van der Waals surface area (Å²) in [6.45, 7) is 5.39. The normalized spacial score (nSPS) is 18.1. The van der Waals surface area contributed by atoms with Crippen molar-refractivity contribution in [2.24, 2.45) is 5.92 Å². The molecule has 1 saturated heterocycles. The molecule has 0 bridgehead atoms. The molecule has 1 heterocycles. The highest BCUT2D eigenvalue weighted by molar-refractivity contribution is 5.76. The van der Waals surface area contributed by atoms with Crippen LogP contribution in [0.15, 0.2) is 30.3 Å². The zero-order valence-corrected chi connectivity index (χ0v) is 12.4. The Labute approximate surface area is 121 Å². The van der Waals surface area contributed by atoms with Crippen molar-refractivity contribution in [3.05, 3.63) is 35.9 Å². The Balaban J connectivity index is 1.71. The molecule has 0 radical (unpaired) electrons. The number of carbonyl (C=O) groups is 1. The Hall–Kier alpha value is -1.35. The van der Waals surface area contributed by atoms with E-state index in [1.165, 1.54) is 5.56 Å². The van der Waals surface area contributed by atoms with Crippen LogP contribution in [-0.2, 0) is 16.0 Å². The number of hydrogen-bond donors (Lipinski definition) is 0. The molecule has 0 unspecified atom stereocenters. The van der Waals surface area contributed by atoms with Gasteiger partial charge in [0.05, 0.1) is 6.61 Å². The summed E-state index contributed by atoms with van der Waals surface area (Å²) in [7, 11) is 0. The maximum absolute atomic E-state index is 12.2. The lowest BCUT2D eigenvalue weighted by Gasteiger charge is -2.23. The minimum absolute atomic E-state index is 0.287. The first kappa shape index (κ1) is 15.0. The van der Waals surface area contributed by atoms with Crippen LogP contribution in [0.5, 0.6) is 0 Å². The Morgan fingerprint density at radius 1 is 1.35 bits per heavy atom. The molecule has 3 heteroatoms. The summed E-state index contributed by atoms with van der Waals surface area (Å²) in [6.07, 6.45) is 3.65. The van der Waals surface area contributed by atoms with E-state index in [0.717, 1.165) is 45.6 Å². The molecule has 2 rings (SSSR count). The zero-order valence-electron chi connectivity index (χ0n) is 12.4. The first-order chi connectivity index (χ1) is 9.79. The molecule has 1 atom stereocenters. The van der Waals surface area contributed by atoms with Gasteiger partial charge in [-0.2, -0.15) is 0 Å². The van der Waals surface area contributed by atoms with Crippen molar-refractivity contribution < 1.29 is 9.53 Å². The third-order valence-electron chi connectivity index (χ3n) is 3.94. The molecule has 110 valence electrons. The lowest BCUT2D eigenvalue weighted by atomic mass is 10.1. The van der Waals surface area contributed by atoms with Gasteiger partial charge in [-0.25, -0.2) is 0 Å². The smallest absolute Gasteiger partial charge is 0.222 e. The van der Waals surface area contributed by atoms with E-state index in [0.29, 0.717) is 12.3 Å². The van der Waals surface area contributed by atoms with Gasteiger partial charge in [-0.1, -0.05) is 30.3 Å². The number of ether oxygens (including phenoxy) is 1. The summed E-state index contributed by atoms with van der Waals surface area (Å²) >= 11 is 0. The van der Waals surface area contributed by atoms with Crippen molar-refractivity contribution in [2.75, 3.05) is 26.3 Å². The third-order valence-corrected chi connectivity index (χ3v) is 3.94. The van der Waals surface area contributed by atoms with Gasteiger partial charge in [0.25, 0.3) is 0 Å². The van der Waals surface area contributed by atoms with Gasteiger partial charge in [0, 0.05) is 32.0 Å². The molecule has 0 N–H and O–H groups in total. The Kier molecular flexibility index (Phi) is 6.06. The van der Waals surface area contributed by atoms with Gasteiger partial charge >= 0.3 is 0 Å². The van der Waals surface area contributed by atoms with E-state index in [1.54, 1.807) is 0 Å². The molecule has 0 aromatic heterocycles. The summed E-state index contributed by atoms with van der Waals surface area (Å²) in [6, 6.07) is 10.4. The molecule has 20 heavy (non-hydrogen) atoms. The highest BCUT2D eigenvalue weighted by atomic mass is 16.5. The van der Waals surface area contributed by atoms with Crippen molar-refractivity contribution in [1.29, 1.82) is 0 Å². The minimum atomic E-state index is 0.287. The second-order valence-electron chi connectivity index (χ2n) is 5.50. The van der Waals surface area contributed by atoms with Crippen LogP contribution < -0.4 is 0 Å². The van der Waals surface area contributed by atoms with Gasteiger partial charge in [0.2, 0.25) is 5.91 Å². The van der Waals surface area contributed by atoms with E-state index in [2.05, 4.69) is 31.2 Å². The molecular weight excluding hydrogens is 250 g/mol. The van der Waals surface area contributed by atoms with E-state index >= 15 is 0 Å². The van der Waals surface area contributed by atoms with Crippen molar-refractivity contribution in [1.82, 2.24) is 4.90 Å². The van der Waals surface area contributed by atoms with Crippen molar-refractivity contribution in [3.63, 3.8) is 0 Å². The van der Waals surface area contributed by atoms with Crippen LogP contribution in [-0.4, -0.2) is 37.1 Å². The summed E-state index contributed by atoms with van der Waals surface area (Å²) < 4.78 is 5.38. The quantitative estimate of drug-likeness (QED) is 0.766. The summed E-state index contributed by atoms with van der Waals surface area (Å²) in [4.78, 5) is 14.2.